The molecular formula is C24H22N6O3S. The molecule has 2 aromatic carbocycles. The summed E-state index contributed by atoms with van der Waals surface area (Å²) in [4.78, 5) is 0. The Morgan fingerprint density at radius 1 is 0.912 bits per heavy atom. The number of thioether (sulfide) groups is 1. The first-order valence-corrected chi connectivity index (χ1v) is 11.7. The van der Waals surface area contributed by atoms with Crippen LogP contribution >= 0.6 is 11.8 Å². The van der Waals surface area contributed by atoms with E-state index in [-0.39, 0.29) is 0 Å². The Balaban J connectivity index is 1.37. The summed E-state index contributed by atoms with van der Waals surface area (Å²) in [5.41, 5.74) is 3.29. The van der Waals surface area contributed by atoms with Crippen LogP contribution in [0.3, 0.4) is 0 Å². The molecule has 3 aromatic heterocycles. The molecule has 0 radical (unpaired) electrons. The molecule has 0 saturated heterocycles. The third kappa shape index (κ3) is 4.50. The van der Waals surface area contributed by atoms with E-state index in [0.717, 1.165) is 22.1 Å². The fourth-order valence-corrected chi connectivity index (χ4v) is 4.34. The van der Waals surface area contributed by atoms with Gasteiger partial charge in [-0.2, -0.15) is 0 Å². The molecule has 0 fully saturated rings. The molecular weight excluding hydrogens is 452 g/mol. The zero-order valence-electron chi connectivity index (χ0n) is 18.7. The van der Waals surface area contributed by atoms with Crippen molar-refractivity contribution in [3.05, 3.63) is 72.3 Å². The first-order chi connectivity index (χ1) is 16.7. The minimum atomic E-state index is 0.374. The van der Waals surface area contributed by atoms with E-state index in [2.05, 4.69) is 25.6 Å². The summed E-state index contributed by atoms with van der Waals surface area (Å²) in [6.45, 7) is 3.01. The van der Waals surface area contributed by atoms with E-state index in [4.69, 9.17) is 13.7 Å². The molecule has 0 bridgehead atoms. The minimum absolute atomic E-state index is 0.374. The first kappa shape index (κ1) is 22.1. The van der Waals surface area contributed by atoms with Crippen molar-refractivity contribution in [2.24, 2.45) is 0 Å². The lowest BCUT2D eigenvalue weighted by atomic mass is 10.1. The Morgan fingerprint density at radius 3 is 2.38 bits per heavy atom. The van der Waals surface area contributed by atoms with E-state index >= 15 is 0 Å². The van der Waals surface area contributed by atoms with Crippen LogP contribution in [-0.2, 0) is 17.0 Å². The lowest BCUT2D eigenvalue weighted by Crippen LogP contribution is -2.07. The van der Waals surface area contributed by atoms with Gasteiger partial charge in [-0.05, 0) is 6.92 Å². The Morgan fingerprint density at radius 2 is 1.65 bits per heavy atom. The standard InChI is InChI=1S/C24H22N6O3S/c1-16-20(21(29-33-16)17-9-5-3-6-10-17)23-27-25-19(32-23)15-34-24-28-26-22(30(24)13-14-31-2)18-11-7-4-8-12-18/h3-12H,13-15H2,1-2H3. The number of nitrogens with zero attached hydrogens (tertiary/aromatic N) is 6. The summed E-state index contributed by atoms with van der Waals surface area (Å²) < 4.78 is 18.7. The molecule has 0 aliphatic rings. The first-order valence-electron chi connectivity index (χ1n) is 10.7. The largest absolute Gasteiger partial charge is 0.420 e. The van der Waals surface area contributed by atoms with Crippen molar-refractivity contribution in [1.82, 2.24) is 30.1 Å². The molecule has 0 aliphatic heterocycles. The van der Waals surface area contributed by atoms with E-state index in [9.17, 15) is 0 Å². The van der Waals surface area contributed by atoms with Crippen molar-refractivity contribution in [3.63, 3.8) is 0 Å². The number of benzene rings is 2. The molecule has 3 heterocycles. The summed E-state index contributed by atoms with van der Waals surface area (Å²) >= 11 is 1.48. The molecule has 0 N–H and O–H groups in total. The molecule has 0 spiro atoms. The van der Waals surface area contributed by atoms with Gasteiger partial charge in [0.1, 0.15) is 17.0 Å². The number of aryl methyl sites for hydroxylation is 1. The van der Waals surface area contributed by atoms with Crippen molar-refractivity contribution in [3.8, 4) is 34.1 Å². The van der Waals surface area contributed by atoms with E-state index in [0.29, 0.717) is 47.7 Å². The maximum absolute atomic E-state index is 5.98. The SMILES string of the molecule is COCCn1c(SCc2nnc(-c3c(-c4ccccc4)noc3C)o2)nnc1-c1ccccc1. The smallest absolute Gasteiger partial charge is 0.253 e. The van der Waals surface area contributed by atoms with Crippen LogP contribution in [0.5, 0.6) is 0 Å². The Kier molecular flexibility index (Phi) is 6.50. The predicted molar refractivity (Wildman–Crippen MR) is 127 cm³/mol. The average molecular weight is 475 g/mol. The number of aromatic nitrogens is 6. The normalized spacial score (nSPS) is 11.2. The fourth-order valence-electron chi connectivity index (χ4n) is 3.54. The molecule has 0 amide bonds. The number of hydrogen-bond donors (Lipinski definition) is 0. The second kappa shape index (κ2) is 10.0. The summed E-state index contributed by atoms with van der Waals surface area (Å²) in [5.74, 6) is 2.70. The van der Waals surface area contributed by atoms with Crippen LogP contribution in [0.1, 0.15) is 11.7 Å². The van der Waals surface area contributed by atoms with E-state index in [1.807, 2.05) is 72.2 Å². The van der Waals surface area contributed by atoms with Crippen molar-refractivity contribution >= 4 is 11.8 Å². The topological polar surface area (TPSA) is 105 Å². The number of hydrogen-bond acceptors (Lipinski definition) is 9. The quantitative estimate of drug-likeness (QED) is 0.276. The van der Waals surface area contributed by atoms with Crippen LogP contribution in [0.15, 0.2) is 74.8 Å². The maximum atomic E-state index is 5.98. The van der Waals surface area contributed by atoms with Crippen molar-refractivity contribution in [2.75, 3.05) is 13.7 Å². The summed E-state index contributed by atoms with van der Waals surface area (Å²) in [6.07, 6.45) is 0. The molecule has 5 rings (SSSR count). The van der Waals surface area contributed by atoms with Crippen LogP contribution in [0.25, 0.3) is 34.1 Å². The molecule has 9 nitrogen and oxygen atoms in total. The molecule has 0 unspecified atom stereocenters. The monoisotopic (exact) mass is 474 g/mol. The second-order valence-electron chi connectivity index (χ2n) is 7.43. The highest BCUT2D eigenvalue weighted by molar-refractivity contribution is 7.98. The number of methoxy groups -OCH3 is 1. The van der Waals surface area contributed by atoms with Gasteiger partial charge in [-0.25, -0.2) is 0 Å². The highest BCUT2D eigenvalue weighted by atomic mass is 32.2. The van der Waals surface area contributed by atoms with E-state index in [1.54, 1.807) is 7.11 Å². The van der Waals surface area contributed by atoms with Gasteiger partial charge in [0.25, 0.3) is 5.89 Å². The van der Waals surface area contributed by atoms with Crippen molar-refractivity contribution < 1.29 is 13.7 Å². The zero-order chi connectivity index (χ0) is 23.3. The Bertz CT molecular complexity index is 1360. The third-order valence-corrected chi connectivity index (χ3v) is 6.13. The van der Waals surface area contributed by atoms with E-state index in [1.165, 1.54) is 11.8 Å². The third-order valence-electron chi connectivity index (χ3n) is 5.18. The lowest BCUT2D eigenvalue weighted by Gasteiger charge is -2.09. The molecule has 5 aromatic rings. The van der Waals surface area contributed by atoms with Gasteiger partial charge >= 0.3 is 0 Å². The van der Waals surface area contributed by atoms with Gasteiger partial charge < -0.3 is 13.7 Å². The van der Waals surface area contributed by atoms with Crippen molar-refractivity contribution in [1.29, 1.82) is 0 Å². The second-order valence-corrected chi connectivity index (χ2v) is 8.38. The average Bonchev–Trinajstić information content (AvgIpc) is 3.60. The number of ether oxygens (including phenoxy) is 1. The van der Waals surface area contributed by atoms with Crippen LogP contribution in [0.2, 0.25) is 0 Å². The van der Waals surface area contributed by atoms with Gasteiger partial charge in [-0.1, -0.05) is 77.6 Å². The van der Waals surface area contributed by atoms with Gasteiger partial charge in [0.2, 0.25) is 5.89 Å². The van der Waals surface area contributed by atoms with Gasteiger partial charge in [-0.15, -0.1) is 20.4 Å². The van der Waals surface area contributed by atoms with Crippen LogP contribution < -0.4 is 0 Å². The summed E-state index contributed by atoms with van der Waals surface area (Å²) in [6, 6.07) is 19.7. The van der Waals surface area contributed by atoms with Crippen molar-refractivity contribution in [2.45, 2.75) is 24.4 Å². The molecule has 172 valence electrons. The van der Waals surface area contributed by atoms with Gasteiger partial charge in [0.05, 0.1) is 18.9 Å². The Labute approximate surface area is 200 Å². The summed E-state index contributed by atoms with van der Waals surface area (Å²) in [7, 11) is 1.68. The zero-order valence-corrected chi connectivity index (χ0v) is 19.5. The maximum Gasteiger partial charge on any atom is 0.253 e. The Hall–Kier alpha value is -3.76. The predicted octanol–water partition coefficient (Wildman–Crippen LogP) is 4.90. The number of rotatable bonds is 9. The van der Waals surface area contributed by atoms with Crippen LogP contribution in [-0.4, -0.2) is 43.8 Å². The molecule has 0 atom stereocenters. The minimum Gasteiger partial charge on any atom is -0.420 e. The van der Waals surface area contributed by atoms with Crippen LogP contribution in [0, 0.1) is 6.92 Å². The van der Waals surface area contributed by atoms with Gasteiger partial charge in [-0.3, -0.25) is 4.57 Å². The molecule has 34 heavy (non-hydrogen) atoms. The highest BCUT2D eigenvalue weighted by Gasteiger charge is 2.22. The van der Waals surface area contributed by atoms with Gasteiger partial charge in [0.15, 0.2) is 11.0 Å². The lowest BCUT2D eigenvalue weighted by molar-refractivity contribution is 0.185. The van der Waals surface area contributed by atoms with E-state index < -0.39 is 0 Å². The fraction of sp³-hybridized carbons (Fsp3) is 0.208. The van der Waals surface area contributed by atoms with Gasteiger partial charge in [0, 0.05) is 18.2 Å². The van der Waals surface area contributed by atoms with Crippen LogP contribution in [0.4, 0.5) is 0 Å². The summed E-state index contributed by atoms with van der Waals surface area (Å²) in [5, 5.41) is 22.2. The molecule has 0 saturated carbocycles. The highest BCUT2D eigenvalue weighted by Crippen LogP contribution is 2.34. The molecule has 10 heteroatoms. The molecule has 0 aliphatic carbocycles.